The Labute approximate surface area is 165 Å². The van der Waals surface area contributed by atoms with Crippen molar-refractivity contribution in [3.05, 3.63) is 60.2 Å². The summed E-state index contributed by atoms with van der Waals surface area (Å²) in [6.45, 7) is 4.79. The first-order valence-electron chi connectivity index (χ1n) is 8.79. The molecule has 0 aliphatic rings. The van der Waals surface area contributed by atoms with Crippen LogP contribution >= 0.6 is 0 Å². The molecular formula is C20H24N2O5S. The van der Waals surface area contributed by atoms with Gasteiger partial charge in [0.2, 0.25) is 10.0 Å². The molecule has 2 aromatic rings. The van der Waals surface area contributed by atoms with Crippen LogP contribution in [0.25, 0.3) is 0 Å². The molecule has 150 valence electrons. The molecule has 0 bridgehead atoms. The summed E-state index contributed by atoms with van der Waals surface area (Å²) in [7, 11) is -3.89. The molecule has 0 radical (unpaired) electrons. The molecule has 2 N–H and O–H groups in total. The number of carbonyl (C=O) groups excluding carboxylic acids is 2. The number of aryl methyl sites for hydroxylation is 1. The maximum Gasteiger partial charge on any atom is 0.324 e. The highest BCUT2D eigenvalue weighted by molar-refractivity contribution is 7.89. The monoisotopic (exact) mass is 404 g/mol. The number of amides is 1. The summed E-state index contributed by atoms with van der Waals surface area (Å²) >= 11 is 0. The lowest BCUT2D eigenvalue weighted by Crippen LogP contribution is -2.45. The fraction of sp³-hybridized carbons (Fsp3) is 0.300. The molecule has 1 atom stereocenters. The normalized spacial score (nSPS) is 12.4. The largest absolute Gasteiger partial charge is 0.454 e. The van der Waals surface area contributed by atoms with E-state index in [0.717, 1.165) is 5.56 Å². The summed E-state index contributed by atoms with van der Waals surface area (Å²) in [5, 5.41) is 2.61. The molecule has 0 fully saturated rings. The van der Waals surface area contributed by atoms with E-state index in [-0.39, 0.29) is 10.8 Å². The van der Waals surface area contributed by atoms with Crippen LogP contribution in [0.1, 0.15) is 19.4 Å². The van der Waals surface area contributed by atoms with Gasteiger partial charge in [0.1, 0.15) is 6.04 Å². The van der Waals surface area contributed by atoms with Gasteiger partial charge >= 0.3 is 5.97 Å². The van der Waals surface area contributed by atoms with Crippen molar-refractivity contribution in [1.82, 2.24) is 4.72 Å². The van der Waals surface area contributed by atoms with Gasteiger partial charge in [0.25, 0.3) is 5.91 Å². The molecule has 2 rings (SSSR count). The first-order valence-corrected chi connectivity index (χ1v) is 10.3. The van der Waals surface area contributed by atoms with Gasteiger partial charge in [-0.1, -0.05) is 49.7 Å². The smallest absolute Gasteiger partial charge is 0.324 e. The van der Waals surface area contributed by atoms with Crippen LogP contribution in [0.15, 0.2) is 59.5 Å². The molecule has 7 nitrogen and oxygen atoms in total. The van der Waals surface area contributed by atoms with E-state index in [0.29, 0.717) is 5.69 Å². The van der Waals surface area contributed by atoms with E-state index in [2.05, 4.69) is 10.0 Å². The van der Waals surface area contributed by atoms with E-state index in [1.54, 1.807) is 44.2 Å². The number of anilines is 1. The molecule has 0 saturated carbocycles. The van der Waals surface area contributed by atoms with Gasteiger partial charge in [0.05, 0.1) is 4.90 Å². The van der Waals surface area contributed by atoms with Crippen molar-refractivity contribution in [3.63, 3.8) is 0 Å². The molecule has 0 heterocycles. The summed E-state index contributed by atoms with van der Waals surface area (Å²) in [5.74, 6) is -1.69. The van der Waals surface area contributed by atoms with Gasteiger partial charge in [-0.05, 0) is 37.1 Å². The second-order valence-corrected chi connectivity index (χ2v) is 8.39. The summed E-state index contributed by atoms with van der Waals surface area (Å²) in [5.41, 5.74) is 1.63. The Hall–Kier alpha value is -2.71. The molecule has 0 spiro atoms. The van der Waals surface area contributed by atoms with E-state index < -0.39 is 34.5 Å². The van der Waals surface area contributed by atoms with Gasteiger partial charge in [-0.2, -0.15) is 4.72 Å². The molecular weight excluding hydrogens is 380 g/mol. The number of carbonyl (C=O) groups is 2. The van der Waals surface area contributed by atoms with Gasteiger partial charge < -0.3 is 10.1 Å². The first-order chi connectivity index (χ1) is 13.2. The zero-order chi connectivity index (χ0) is 20.7. The molecule has 1 amide bonds. The Morgan fingerprint density at radius 1 is 1.00 bits per heavy atom. The highest BCUT2D eigenvalue weighted by Crippen LogP contribution is 2.13. The maximum absolute atomic E-state index is 12.5. The second kappa shape index (κ2) is 9.48. The Balaban J connectivity index is 1.97. The third-order valence-electron chi connectivity index (χ3n) is 3.94. The zero-order valence-corrected chi connectivity index (χ0v) is 16.8. The molecule has 0 aliphatic carbocycles. The minimum absolute atomic E-state index is 0.0468. The topological polar surface area (TPSA) is 102 Å². The fourth-order valence-electron chi connectivity index (χ4n) is 2.35. The van der Waals surface area contributed by atoms with Crippen LogP contribution in [-0.2, 0) is 24.3 Å². The SMILES string of the molecule is Cc1ccc(NC(=O)COC(=O)[C@H](NS(=O)(=O)c2ccccc2)C(C)C)cc1. The molecule has 28 heavy (non-hydrogen) atoms. The molecule has 8 heteroatoms. The predicted octanol–water partition coefficient (Wildman–Crippen LogP) is 2.48. The Morgan fingerprint density at radius 3 is 2.18 bits per heavy atom. The van der Waals surface area contributed by atoms with Crippen LogP contribution in [0.5, 0.6) is 0 Å². The van der Waals surface area contributed by atoms with Crippen molar-refractivity contribution in [1.29, 1.82) is 0 Å². The summed E-state index contributed by atoms with van der Waals surface area (Å²) in [4.78, 5) is 24.4. The van der Waals surface area contributed by atoms with Crippen LogP contribution in [0, 0.1) is 12.8 Å². The Bertz CT molecular complexity index is 909. The molecule has 0 unspecified atom stereocenters. The number of nitrogens with one attached hydrogen (secondary N) is 2. The van der Waals surface area contributed by atoms with Crippen LogP contribution in [-0.4, -0.2) is 32.9 Å². The average molecular weight is 404 g/mol. The Morgan fingerprint density at radius 2 is 1.61 bits per heavy atom. The van der Waals surface area contributed by atoms with Gasteiger partial charge in [-0.25, -0.2) is 8.42 Å². The second-order valence-electron chi connectivity index (χ2n) is 6.68. The number of rotatable bonds is 8. The first kappa shape index (κ1) is 21.6. The number of hydrogen-bond acceptors (Lipinski definition) is 5. The summed E-state index contributed by atoms with van der Waals surface area (Å²) < 4.78 is 32.3. The molecule has 2 aromatic carbocycles. The van der Waals surface area contributed by atoms with Crippen LogP contribution in [0.2, 0.25) is 0 Å². The van der Waals surface area contributed by atoms with Crippen molar-refractivity contribution in [2.24, 2.45) is 5.92 Å². The van der Waals surface area contributed by atoms with E-state index in [1.165, 1.54) is 12.1 Å². The Kier molecular flexibility index (Phi) is 7.31. The lowest BCUT2D eigenvalue weighted by Gasteiger charge is -2.20. The van der Waals surface area contributed by atoms with Gasteiger partial charge in [-0.15, -0.1) is 0 Å². The van der Waals surface area contributed by atoms with Gasteiger partial charge in [0, 0.05) is 5.69 Å². The van der Waals surface area contributed by atoms with Gasteiger partial charge in [0.15, 0.2) is 6.61 Å². The summed E-state index contributed by atoms with van der Waals surface area (Å²) in [6, 6.07) is 13.8. The standard InChI is InChI=1S/C20H24N2O5S/c1-14(2)19(22-28(25,26)17-7-5-4-6-8-17)20(24)27-13-18(23)21-16-11-9-15(3)10-12-16/h4-12,14,19,22H,13H2,1-3H3,(H,21,23)/t19-/m1/s1. The molecule has 0 aromatic heterocycles. The molecule has 0 saturated heterocycles. The van der Waals surface area contributed by atoms with E-state index >= 15 is 0 Å². The number of esters is 1. The quantitative estimate of drug-likeness (QED) is 0.658. The minimum atomic E-state index is -3.89. The number of hydrogen-bond donors (Lipinski definition) is 2. The number of ether oxygens (including phenoxy) is 1. The van der Waals surface area contributed by atoms with Crippen molar-refractivity contribution < 1.29 is 22.7 Å². The lowest BCUT2D eigenvalue weighted by molar-refractivity contribution is -0.150. The van der Waals surface area contributed by atoms with E-state index in [1.807, 2.05) is 19.1 Å². The van der Waals surface area contributed by atoms with Crippen molar-refractivity contribution in [2.75, 3.05) is 11.9 Å². The highest BCUT2D eigenvalue weighted by Gasteiger charge is 2.30. The highest BCUT2D eigenvalue weighted by atomic mass is 32.2. The lowest BCUT2D eigenvalue weighted by atomic mass is 10.1. The molecule has 0 aliphatic heterocycles. The fourth-order valence-corrected chi connectivity index (χ4v) is 3.71. The van der Waals surface area contributed by atoms with Crippen LogP contribution in [0.3, 0.4) is 0 Å². The predicted molar refractivity (Wildman–Crippen MR) is 106 cm³/mol. The van der Waals surface area contributed by atoms with Crippen molar-refractivity contribution in [2.45, 2.75) is 31.7 Å². The van der Waals surface area contributed by atoms with Crippen LogP contribution < -0.4 is 10.0 Å². The summed E-state index contributed by atoms with van der Waals surface area (Å²) in [6.07, 6.45) is 0. The van der Waals surface area contributed by atoms with Crippen molar-refractivity contribution >= 4 is 27.6 Å². The zero-order valence-electron chi connectivity index (χ0n) is 16.0. The van der Waals surface area contributed by atoms with E-state index in [4.69, 9.17) is 4.74 Å². The van der Waals surface area contributed by atoms with E-state index in [9.17, 15) is 18.0 Å². The number of sulfonamides is 1. The average Bonchev–Trinajstić information content (AvgIpc) is 2.66. The van der Waals surface area contributed by atoms with Gasteiger partial charge in [-0.3, -0.25) is 9.59 Å². The van der Waals surface area contributed by atoms with Crippen LogP contribution in [0.4, 0.5) is 5.69 Å². The number of benzene rings is 2. The third kappa shape index (κ3) is 6.17. The maximum atomic E-state index is 12.5. The van der Waals surface area contributed by atoms with Crippen molar-refractivity contribution in [3.8, 4) is 0 Å². The third-order valence-corrected chi connectivity index (χ3v) is 5.39. The minimum Gasteiger partial charge on any atom is -0.454 e.